The van der Waals surface area contributed by atoms with Crippen LogP contribution >= 0.6 is 0 Å². The van der Waals surface area contributed by atoms with Crippen LogP contribution in [-0.2, 0) is 0 Å². The van der Waals surface area contributed by atoms with Gasteiger partial charge < -0.3 is 0 Å². The second kappa shape index (κ2) is 5.80. The number of nitrogens with zero attached hydrogens (tertiary/aromatic N) is 2. The summed E-state index contributed by atoms with van der Waals surface area (Å²) in [6.45, 7) is 6.44. The maximum absolute atomic E-state index is 12.4. The molecule has 20 heavy (non-hydrogen) atoms. The van der Waals surface area contributed by atoms with Gasteiger partial charge in [0, 0.05) is 18.0 Å². The maximum Gasteiger partial charge on any atom is 0.214 e. The first-order chi connectivity index (χ1) is 9.47. The van der Waals surface area contributed by atoms with Gasteiger partial charge in [-0.25, -0.2) is 9.97 Å². The molecule has 2 rings (SSSR count). The van der Waals surface area contributed by atoms with Gasteiger partial charge in [0.2, 0.25) is 5.78 Å². The van der Waals surface area contributed by atoms with E-state index < -0.39 is 8.07 Å². The molecule has 4 heteroatoms. The molecule has 100 valence electrons. The monoisotopic (exact) mass is 280 g/mol. The average molecular weight is 280 g/mol. The number of hydrogen-bond donors (Lipinski definition) is 0. The van der Waals surface area contributed by atoms with Crippen LogP contribution in [0, 0.1) is 11.5 Å². The smallest absolute Gasteiger partial charge is 0.214 e. The van der Waals surface area contributed by atoms with Gasteiger partial charge >= 0.3 is 0 Å². The van der Waals surface area contributed by atoms with Gasteiger partial charge in [0.25, 0.3) is 0 Å². The highest BCUT2D eigenvalue weighted by molar-refractivity contribution is 6.83. The molecule has 0 atom stereocenters. The normalized spacial score (nSPS) is 10.6. The fourth-order valence-electron chi connectivity index (χ4n) is 1.57. The molecule has 1 aromatic heterocycles. The number of carbonyl (C=O) groups excluding carboxylic acids is 1. The van der Waals surface area contributed by atoms with Crippen LogP contribution in [0.25, 0.3) is 0 Å². The zero-order valence-corrected chi connectivity index (χ0v) is 12.8. The Labute approximate surface area is 120 Å². The Bertz CT molecular complexity index is 679. The first-order valence-corrected chi connectivity index (χ1v) is 9.91. The summed E-state index contributed by atoms with van der Waals surface area (Å²) in [5.41, 5.74) is 4.61. The number of ketones is 1. The van der Waals surface area contributed by atoms with Gasteiger partial charge in [-0.1, -0.05) is 55.9 Å². The third-order valence-electron chi connectivity index (χ3n) is 2.51. The molecule has 0 aliphatic carbocycles. The van der Waals surface area contributed by atoms with E-state index in [0.717, 1.165) is 0 Å². The number of aromatic nitrogens is 2. The van der Waals surface area contributed by atoms with Crippen LogP contribution in [-0.4, -0.2) is 23.8 Å². The molecule has 0 aliphatic heterocycles. The zero-order chi connectivity index (χ0) is 14.6. The second-order valence-corrected chi connectivity index (χ2v) is 10.2. The third kappa shape index (κ3) is 3.62. The number of carbonyl (C=O) groups is 1. The summed E-state index contributed by atoms with van der Waals surface area (Å²) in [4.78, 5) is 20.8. The molecule has 1 heterocycles. The highest BCUT2D eigenvalue weighted by Gasteiger charge is 2.15. The minimum atomic E-state index is -1.52. The molecule has 3 nitrogen and oxygen atoms in total. The molecule has 0 N–H and O–H groups in total. The molecular formula is C16H16N2OSi. The summed E-state index contributed by atoms with van der Waals surface area (Å²) in [7, 11) is -1.52. The fraction of sp³-hybridized carbons (Fsp3) is 0.188. The molecule has 0 saturated heterocycles. The fourth-order valence-corrected chi connectivity index (χ4v) is 2.06. The molecule has 0 bridgehead atoms. The lowest BCUT2D eigenvalue weighted by atomic mass is 10.1. The van der Waals surface area contributed by atoms with Crippen LogP contribution in [0.15, 0.2) is 42.7 Å². The SMILES string of the molecule is C[Si](C)(C)C#Cc1nccnc1C(=O)c1ccccc1. The van der Waals surface area contributed by atoms with E-state index in [-0.39, 0.29) is 5.78 Å². The van der Waals surface area contributed by atoms with Crippen LogP contribution in [0.4, 0.5) is 0 Å². The Morgan fingerprint density at radius 1 is 1.05 bits per heavy atom. The van der Waals surface area contributed by atoms with Crippen molar-refractivity contribution in [1.82, 2.24) is 9.97 Å². The largest absolute Gasteiger partial charge is 0.287 e. The molecule has 0 aliphatic rings. The van der Waals surface area contributed by atoms with Crippen LogP contribution in [0.2, 0.25) is 19.6 Å². The van der Waals surface area contributed by atoms with Crippen molar-refractivity contribution in [3.05, 3.63) is 59.7 Å². The molecule has 0 radical (unpaired) electrons. The molecule has 0 spiro atoms. The minimum absolute atomic E-state index is 0.140. The van der Waals surface area contributed by atoms with Gasteiger partial charge in [-0.15, -0.1) is 5.54 Å². The van der Waals surface area contributed by atoms with Crippen molar-refractivity contribution in [3.63, 3.8) is 0 Å². The van der Waals surface area contributed by atoms with Crippen molar-refractivity contribution in [2.24, 2.45) is 0 Å². The molecule has 0 saturated carbocycles. The molecule has 0 unspecified atom stereocenters. The van der Waals surface area contributed by atoms with E-state index >= 15 is 0 Å². The predicted octanol–water partition coefficient (Wildman–Crippen LogP) is 2.94. The Balaban J connectivity index is 2.43. The summed E-state index contributed by atoms with van der Waals surface area (Å²) < 4.78 is 0. The summed E-state index contributed by atoms with van der Waals surface area (Å²) in [5, 5.41) is 0. The van der Waals surface area contributed by atoms with Crippen molar-refractivity contribution in [2.45, 2.75) is 19.6 Å². The maximum atomic E-state index is 12.4. The van der Waals surface area contributed by atoms with Crippen molar-refractivity contribution in [1.29, 1.82) is 0 Å². The highest BCUT2D eigenvalue weighted by Crippen LogP contribution is 2.10. The topological polar surface area (TPSA) is 42.9 Å². The van der Waals surface area contributed by atoms with E-state index in [1.54, 1.807) is 18.3 Å². The van der Waals surface area contributed by atoms with E-state index in [1.165, 1.54) is 6.20 Å². The van der Waals surface area contributed by atoms with E-state index in [2.05, 4.69) is 41.1 Å². The molecule has 0 fully saturated rings. The molecular weight excluding hydrogens is 264 g/mol. The molecule has 0 amide bonds. The van der Waals surface area contributed by atoms with Crippen LogP contribution < -0.4 is 0 Å². The van der Waals surface area contributed by atoms with Crippen LogP contribution in [0.3, 0.4) is 0 Å². The summed E-state index contributed by atoms with van der Waals surface area (Å²) in [6, 6.07) is 9.08. The lowest BCUT2D eigenvalue weighted by molar-refractivity contribution is 0.103. The first-order valence-electron chi connectivity index (χ1n) is 6.41. The van der Waals surface area contributed by atoms with Gasteiger partial charge in [0.15, 0.2) is 0 Å². The van der Waals surface area contributed by atoms with E-state index in [0.29, 0.717) is 17.0 Å². The Kier molecular flexibility index (Phi) is 4.11. The Hall–Kier alpha value is -2.25. The van der Waals surface area contributed by atoms with Crippen molar-refractivity contribution in [2.75, 3.05) is 0 Å². The standard InChI is InChI=1S/C16H16N2OSi/c1-20(2,3)12-9-14-15(18-11-10-17-14)16(19)13-7-5-4-6-8-13/h4-8,10-11H,1-3H3. The predicted molar refractivity (Wildman–Crippen MR) is 82.1 cm³/mol. The number of benzene rings is 1. The Morgan fingerprint density at radius 2 is 1.70 bits per heavy atom. The highest BCUT2D eigenvalue weighted by atomic mass is 28.3. The molecule has 2 aromatic rings. The Morgan fingerprint density at radius 3 is 2.35 bits per heavy atom. The summed E-state index contributed by atoms with van der Waals surface area (Å²) in [5.74, 6) is 2.88. The van der Waals surface area contributed by atoms with Crippen LogP contribution in [0.1, 0.15) is 21.7 Å². The van der Waals surface area contributed by atoms with E-state index in [1.807, 2.05) is 18.2 Å². The number of rotatable bonds is 2. The third-order valence-corrected chi connectivity index (χ3v) is 3.38. The molecule has 1 aromatic carbocycles. The van der Waals surface area contributed by atoms with E-state index in [4.69, 9.17) is 0 Å². The number of hydrogen-bond acceptors (Lipinski definition) is 3. The first kappa shape index (κ1) is 14.2. The average Bonchev–Trinajstić information content (AvgIpc) is 2.45. The van der Waals surface area contributed by atoms with Crippen molar-refractivity contribution >= 4 is 13.9 Å². The second-order valence-electron chi connectivity index (χ2n) is 5.45. The van der Waals surface area contributed by atoms with Gasteiger partial charge in [0.1, 0.15) is 19.5 Å². The summed E-state index contributed by atoms with van der Waals surface area (Å²) in [6.07, 6.45) is 3.09. The van der Waals surface area contributed by atoms with Gasteiger partial charge in [-0.05, 0) is 0 Å². The van der Waals surface area contributed by atoms with Crippen molar-refractivity contribution in [3.8, 4) is 11.5 Å². The lowest BCUT2D eigenvalue weighted by Crippen LogP contribution is -2.17. The quantitative estimate of drug-likeness (QED) is 0.482. The van der Waals surface area contributed by atoms with Gasteiger partial charge in [0.05, 0.1) is 0 Å². The lowest BCUT2D eigenvalue weighted by Gasteiger charge is -2.05. The minimum Gasteiger partial charge on any atom is -0.287 e. The van der Waals surface area contributed by atoms with E-state index in [9.17, 15) is 4.79 Å². The van der Waals surface area contributed by atoms with Gasteiger partial charge in [-0.3, -0.25) is 4.79 Å². The van der Waals surface area contributed by atoms with Gasteiger partial charge in [-0.2, -0.15) is 0 Å². The van der Waals surface area contributed by atoms with Crippen LogP contribution in [0.5, 0.6) is 0 Å². The zero-order valence-electron chi connectivity index (χ0n) is 11.8. The van der Waals surface area contributed by atoms with Crippen molar-refractivity contribution < 1.29 is 4.79 Å². The summed E-state index contributed by atoms with van der Waals surface area (Å²) >= 11 is 0.